The van der Waals surface area contributed by atoms with Crippen LogP contribution < -0.4 is 10.6 Å². The summed E-state index contributed by atoms with van der Waals surface area (Å²) in [5.74, 6) is 0.793. The lowest BCUT2D eigenvalue weighted by Gasteiger charge is -2.40. The molecule has 1 aliphatic rings. The number of nitrogens with zero attached hydrogens (tertiary/aromatic N) is 3. The number of hydrogen-bond acceptors (Lipinski definition) is 4. The fraction of sp³-hybridized carbons (Fsp3) is 0.882. The molecule has 1 saturated heterocycles. The molecule has 1 fully saturated rings. The van der Waals surface area contributed by atoms with Crippen LogP contribution in [0.25, 0.3) is 0 Å². The summed E-state index contributed by atoms with van der Waals surface area (Å²) in [7, 11) is 4.11. The molecule has 24 heavy (non-hydrogen) atoms. The molecule has 140 valence electrons. The summed E-state index contributed by atoms with van der Waals surface area (Å²) in [6, 6.07) is 0.206. The van der Waals surface area contributed by atoms with Gasteiger partial charge in [0.15, 0.2) is 5.96 Å². The number of carbonyl (C=O) groups is 1. The topological polar surface area (TPSA) is 69.2 Å². The number of ether oxygens (including phenoxy) is 1. The van der Waals surface area contributed by atoms with E-state index in [0.717, 1.165) is 12.5 Å². The zero-order valence-corrected chi connectivity index (χ0v) is 16.6. The van der Waals surface area contributed by atoms with Gasteiger partial charge < -0.3 is 25.2 Å². The molecular weight excluding hydrogens is 306 g/mol. The van der Waals surface area contributed by atoms with Gasteiger partial charge in [0.2, 0.25) is 0 Å². The van der Waals surface area contributed by atoms with Crippen LogP contribution in [0.2, 0.25) is 0 Å². The molecule has 0 radical (unpaired) electrons. The highest BCUT2D eigenvalue weighted by Crippen LogP contribution is 2.15. The van der Waals surface area contributed by atoms with Gasteiger partial charge in [-0.05, 0) is 55.6 Å². The minimum absolute atomic E-state index is 0.00941. The normalized spacial score (nSPS) is 16.9. The van der Waals surface area contributed by atoms with E-state index in [0.29, 0.717) is 19.6 Å². The minimum atomic E-state index is -0.455. The van der Waals surface area contributed by atoms with E-state index >= 15 is 0 Å². The second kappa shape index (κ2) is 8.05. The summed E-state index contributed by atoms with van der Waals surface area (Å²) >= 11 is 0. The van der Waals surface area contributed by atoms with Gasteiger partial charge >= 0.3 is 6.09 Å². The second-order valence-electron chi connectivity index (χ2n) is 8.13. The Kier molecular flexibility index (Phi) is 6.89. The van der Waals surface area contributed by atoms with Crippen LogP contribution in [0.1, 0.15) is 41.5 Å². The summed E-state index contributed by atoms with van der Waals surface area (Å²) in [4.78, 5) is 20.5. The maximum atomic E-state index is 12.0. The highest BCUT2D eigenvalue weighted by molar-refractivity contribution is 5.80. The number of rotatable bonds is 5. The molecule has 0 aromatic rings. The van der Waals surface area contributed by atoms with E-state index < -0.39 is 5.60 Å². The van der Waals surface area contributed by atoms with E-state index in [1.54, 1.807) is 4.90 Å². The number of nitrogens with one attached hydrogen (secondary N) is 2. The molecule has 0 spiro atoms. The molecule has 0 bridgehead atoms. The van der Waals surface area contributed by atoms with Crippen molar-refractivity contribution in [2.24, 2.45) is 4.99 Å². The van der Waals surface area contributed by atoms with Crippen LogP contribution in [0.4, 0.5) is 4.79 Å². The summed E-state index contributed by atoms with van der Waals surface area (Å²) in [6.45, 7) is 14.8. The van der Waals surface area contributed by atoms with Crippen LogP contribution in [0.15, 0.2) is 4.99 Å². The predicted octanol–water partition coefficient (Wildman–Crippen LogP) is 1.50. The molecule has 1 rings (SSSR count). The van der Waals surface area contributed by atoms with Crippen LogP contribution >= 0.6 is 0 Å². The Balaban J connectivity index is 2.50. The van der Waals surface area contributed by atoms with Gasteiger partial charge in [-0.25, -0.2) is 4.79 Å². The molecule has 0 aliphatic carbocycles. The third kappa shape index (κ3) is 6.55. The third-order valence-corrected chi connectivity index (χ3v) is 4.05. The van der Waals surface area contributed by atoms with Crippen molar-refractivity contribution in [2.45, 2.75) is 58.7 Å². The lowest BCUT2D eigenvalue weighted by atomic mass is 10.1. The van der Waals surface area contributed by atoms with Crippen molar-refractivity contribution in [2.75, 3.05) is 40.3 Å². The average Bonchev–Trinajstić information content (AvgIpc) is 2.37. The molecule has 2 N–H and O–H groups in total. The number of carbonyl (C=O) groups excluding carboxylic acids is 1. The van der Waals surface area contributed by atoms with Gasteiger partial charge in [0, 0.05) is 25.2 Å². The molecular formula is C17H35N5O2. The van der Waals surface area contributed by atoms with Gasteiger partial charge in [-0.1, -0.05) is 0 Å². The van der Waals surface area contributed by atoms with E-state index in [4.69, 9.17) is 4.74 Å². The summed E-state index contributed by atoms with van der Waals surface area (Å²) in [6.07, 6.45) is -0.253. The van der Waals surface area contributed by atoms with Crippen LogP contribution in [0.5, 0.6) is 0 Å². The van der Waals surface area contributed by atoms with Crippen molar-refractivity contribution in [1.29, 1.82) is 0 Å². The van der Waals surface area contributed by atoms with Gasteiger partial charge in [-0.2, -0.15) is 0 Å². The largest absolute Gasteiger partial charge is 0.444 e. The Bertz CT molecular complexity index is 448. The van der Waals surface area contributed by atoms with Gasteiger partial charge in [0.25, 0.3) is 0 Å². The van der Waals surface area contributed by atoms with Crippen LogP contribution in [-0.2, 0) is 4.74 Å². The van der Waals surface area contributed by atoms with E-state index in [1.165, 1.54) is 0 Å². The zero-order valence-electron chi connectivity index (χ0n) is 16.6. The highest BCUT2D eigenvalue weighted by Gasteiger charge is 2.34. The summed E-state index contributed by atoms with van der Waals surface area (Å²) in [5, 5.41) is 6.65. The maximum absolute atomic E-state index is 12.0. The van der Waals surface area contributed by atoms with Crippen molar-refractivity contribution >= 4 is 12.1 Å². The van der Waals surface area contributed by atoms with E-state index in [1.807, 2.05) is 27.7 Å². The number of likely N-dealkylation sites (N-methyl/N-ethyl adjacent to an activating group) is 1. The Morgan fingerprint density at radius 1 is 1.25 bits per heavy atom. The van der Waals surface area contributed by atoms with Gasteiger partial charge in [0.05, 0.1) is 12.6 Å². The molecule has 1 aliphatic heterocycles. The standard InChI is InChI=1S/C17H35N5O2/c1-9-18-14(19-12-17(5,6)21(7)8)20-13-10-22(11-13)15(23)24-16(2,3)4/h13H,9-12H2,1-8H3,(H2,18,19,20). The fourth-order valence-corrected chi connectivity index (χ4v) is 1.97. The predicted molar refractivity (Wildman–Crippen MR) is 98.5 cm³/mol. The van der Waals surface area contributed by atoms with Crippen molar-refractivity contribution < 1.29 is 9.53 Å². The summed E-state index contributed by atoms with van der Waals surface area (Å²) < 4.78 is 5.37. The average molecular weight is 342 g/mol. The Labute approximate surface area is 146 Å². The zero-order chi connectivity index (χ0) is 18.5. The molecule has 7 heteroatoms. The molecule has 0 aromatic carbocycles. The first-order valence-corrected chi connectivity index (χ1v) is 8.65. The lowest BCUT2D eigenvalue weighted by molar-refractivity contribution is 0.00700. The maximum Gasteiger partial charge on any atom is 0.410 e. The quantitative estimate of drug-likeness (QED) is 0.586. The molecule has 1 heterocycles. The molecule has 7 nitrogen and oxygen atoms in total. The number of likely N-dealkylation sites (tertiary alicyclic amines) is 1. The molecule has 0 aromatic heterocycles. The second-order valence-corrected chi connectivity index (χ2v) is 8.13. The van der Waals surface area contributed by atoms with Crippen molar-refractivity contribution in [1.82, 2.24) is 20.4 Å². The molecule has 0 unspecified atom stereocenters. The van der Waals surface area contributed by atoms with E-state index in [9.17, 15) is 4.79 Å². The fourth-order valence-electron chi connectivity index (χ4n) is 1.97. The molecule has 0 saturated carbocycles. The first kappa shape index (κ1) is 20.5. The van der Waals surface area contributed by atoms with E-state index in [-0.39, 0.29) is 17.7 Å². The van der Waals surface area contributed by atoms with E-state index in [2.05, 4.69) is 48.5 Å². The number of amides is 1. The molecule has 0 atom stereocenters. The van der Waals surface area contributed by atoms with Gasteiger partial charge in [-0.15, -0.1) is 0 Å². The Hall–Kier alpha value is -1.50. The van der Waals surface area contributed by atoms with Crippen LogP contribution in [-0.4, -0.2) is 79.3 Å². The van der Waals surface area contributed by atoms with Crippen molar-refractivity contribution in [3.05, 3.63) is 0 Å². The van der Waals surface area contributed by atoms with Crippen molar-refractivity contribution in [3.63, 3.8) is 0 Å². The number of hydrogen-bond donors (Lipinski definition) is 2. The summed E-state index contributed by atoms with van der Waals surface area (Å²) in [5.41, 5.74) is -0.464. The number of guanidine groups is 1. The van der Waals surface area contributed by atoms with Crippen LogP contribution in [0, 0.1) is 0 Å². The SMILES string of the molecule is CCNC(=NCC(C)(C)N(C)C)NC1CN(C(=O)OC(C)(C)C)C1. The molecule has 1 amide bonds. The smallest absolute Gasteiger partial charge is 0.410 e. The number of aliphatic imine (C=N–C) groups is 1. The first-order valence-electron chi connectivity index (χ1n) is 8.65. The monoisotopic (exact) mass is 341 g/mol. The van der Waals surface area contributed by atoms with Crippen molar-refractivity contribution in [3.8, 4) is 0 Å². The Morgan fingerprint density at radius 2 is 1.83 bits per heavy atom. The lowest BCUT2D eigenvalue weighted by Crippen LogP contribution is -2.63. The highest BCUT2D eigenvalue weighted by atomic mass is 16.6. The van der Waals surface area contributed by atoms with Gasteiger partial charge in [0.1, 0.15) is 5.60 Å². The van der Waals surface area contributed by atoms with Gasteiger partial charge in [-0.3, -0.25) is 4.99 Å². The van der Waals surface area contributed by atoms with Crippen LogP contribution in [0.3, 0.4) is 0 Å². The first-order chi connectivity index (χ1) is 10.9. The minimum Gasteiger partial charge on any atom is -0.444 e. The Morgan fingerprint density at radius 3 is 2.29 bits per heavy atom. The third-order valence-electron chi connectivity index (χ3n) is 4.05.